The second kappa shape index (κ2) is 5.56. The zero-order valence-electron chi connectivity index (χ0n) is 11.9. The van der Waals surface area contributed by atoms with Crippen LogP contribution in [0.15, 0.2) is 0 Å². The molecule has 2 unspecified atom stereocenters. The van der Waals surface area contributed by atoms with Gasteiger partial charge in [-0.1, -0.05) is 0 Å². The summed E-state index contributed by atoms with van der Waals surface area (Å²) in [5.74, 6) is 0.767. The third kappa shape index (κ3) is 3.94. The summed E-state index contributed by atoms with van der Waals surface area (Å²) in [6, 6.07) is 3.04. The van der Waals surface area contributed by atoms with Crippen LogP contribution in [-0.2, 0) is 0 Å². The van der Waals surface area contributed by atoms with Gasteiger partial charge in [-0.3, -0.25) is 5.32 Å². The number of nitriles is 1. The van der Waals surface area contributed by atoms with Crippen LogP contribution in [0.5, 0.6) is 0 Å². The topological polar surface area (TPSA) is 42.3 Å². The zero-order chi connectivity index (χ0) is 13.2. The van der Waals surface area contributed by atoms with Crippen LogP contribution in [-0.4, -0.2) is 61.7 Å². The Morgan fingerprint density at radius 1 is 1.44 bits per heavy atom. The van der Waals surface area contributed by atoms with Gasteiger partial charge in [0.1, 0.15) is 5.54 Å². The molecule has 1 heterocycles. The number of nitrogens with zero attached hydrogens (tertiary/aromatic N) is 3. The van der Waals surface area contributed by atoms with Crippen LogP contribution in [0.4, 0.5) is 0 Å². The summed E-state index contributed by atoms with van der Waals surface area (Å²) in [4.78, 5) is 4.72. The Hall–Kier alpha value is -0.630. The number of hydrogen-bond donors (Lipinski definition) is 1. The molecule has 2 fully saturated rings. The van der Waals surface area contributed by atoms with Gasteiger partial charge in [0.25, 0.3) is 0 Å². The highest BCUT2D eigenvalue weighted by Gasteiger charge is 2.34. The Kier molecular flexibility index (Phi) is 4.26. The molecule has 1 aliphatic heterocycles. The third-order valence-corrected chi connectivity index (χ3v) is 3.99. The minimum atomic E-state index is -0.388. The van der Waals surface area contributed by atoms with Crippen LogP contribution in [0.2, 0.25) is 0 Å². The van der Waals surface area contributed by atoms with Crippen molar-refractivity contribution < 1.29 is 0 Å². The van der Waals surface area contributed by atoms with Crippen molar-refractivity contribution in [1.82, 2.24) is 15.1 Å². The maximum absolute atomic E-state index is 9.37. The molecule has 1 N–H and O–H groups in total. The van der Waals surface area contributed by atoms with Crippen LogP contribution < -0.4 is 5.32 Å². The lowest BCUT2D eigenvalue weighted by atomic mass is 10.0. The van der Waals surface area contributed by atoms with Crippen LogP contribution in [0.25, 0.3) is 0 Å². The van der Waals surface area contributed by atoms with Crippen molar-refractivity contribution in [2.24, 2.45) is 5.92 Å². The highest BCUT2D eigenvalue weighted by Crippen LogP contribution is 2.23. The first kappa shape index (κ1) is 13.8. The molecule has 1 saturated carbocycles. The summed E-state index contributed by atoms with van der Waals surface area (Å²) >= 11 is 0. The number of nitrogens with one attached hydrogen (secondary N) is 1. The normalized spacial score (nSPS) is 28.3. The quantitative estimate of drug-likeness (QED) is 0.761. The average molecular weight is 250 g/mol. The molecule has 0 aromatic carbocycles. The van der Waals surface area contributed by atoms with Gasteiger partial charge in [-0.05, 0) is 52.7 Å². The Labute approximate surface area is 111 Å². The first-order chi connectivity index (χ1) is 8.50. The molecule has 0 aromatic rings. The molecule has 2 rings (SSSR count). The predicted octanol–water partition coefficient (Wildman–Crippen LogP) is 0.904. The molecule has 0 aromatic heterocycles. The molecule has 4 nitrogen and oxygen atoms in total. The van der Waals surface area contributed by atoms with E-state index < -0.39 is 0 Å². The summed E-state index contributed by atoms with van der Waals surface area (Å²) in [5.41, 5.74) is -0.388. The van der Waals surface area contributed by atoms with Gasteiger partial charge in [-0.25, -0.2) is 0 Å². The summed E-state index contributed by atoms with van der Waals surface area (Å²) in [6.45, 7) is 6.37. The van der Waals surface area contributed by atoms with E-state index in [9.17, 15) is 5.26 Å². The lowest BCUT2D eigenvalue weighted by Gasteiger charge is -2.30. The molecule has 4 heteroatoms. The van der Waals surface area contributed by atoms with Crippen molar-refractivity contribution >= 4 is 0 Å². The standard InChI is InChI=1S/C14H26N4/c1-14(10-15,16-13-4-5-13)11-18(3)9-12-6-7-17(2)8-12/h12-13,16H,4-9,11H2,1-3H3. The van der Waals surface area contributed by atoms with Crippen LogP contribution in [0, 0.1) is 17.2 Å². The molecule has 2 aliphatic rings. The Morgan fingerprint density at radius 2 is 2.17 bits per heavy atom. The molecular formula is C14H26N4. The van der Waals surface area contributed by atoms with E-state index in [-0.39, 0.29) is 5.54 Å². The van der Waals surface area contributed by atoms with Crippen molar-refractivity contribution in [2.75, 3.05) is 40.3 Å². The lowest BCUT2D eigenvalue weighted by molar-refractivity contribution is 0.225. The van der Waals surface area contributed by atoms with Crippen LogP contribution in [0.3, 0.4) is 0 Å². The van der Waals surface area contributed by atoms with Gasteiger partial charge in [-0.15, -0.1) is 0 Å². The highest BCUT2D eigenvalue weighted by atomic mass is 15.2. The number of rotatable bonds is 6. The molecule has 0 spiro atoms. The third-order valence-electron chi connectivity index (χ3n) is 3.99. The second-order valence-electron chi connectivity index (χ2n) is 6.48. The molecule has 0 radical (unpaired) electrons. The SMILES string of the molecule is CN1CCC(CN(C)CC(C)(C#N)NC2CC2)C1. The van der Waals surface area contributed by atoms with Gasteiger partial charge in [0.15, 0.2) is 0 Å². The smallest absolute Gasteiger partial charge is 0.116 e. The van der Waals surface area contributed by atoms with Gasteiger partial charge in [0.05, 0.1) is 6.07 Å². The summed E-state index contributed by atoms with van der Waals surface area (Å²) in [6.07, 6.45) is 3.75. The van der Waals surface area contributed by atoms with E-state index >= 15 is 0 Å². The first-order valence-corrected chi connectivity index (χ1v) is 7.07. The fraction of sp³-hybridized carbons (Fsp3) is 0.929. The summed E-state index contributed by atoms with van der Waals surface area (Å²) < 4.78 is 0. The summed E-state index contributed by atoms with van der Waals surface area (Å²) in [5, 5.41) is 12.8. The molecule has 1 saturated heterocycles. The van der Waals surface area contributed by atoms with Gasteiger partial charge >= 0.3 is 0 Å². The zero-order valence-corrected chi connectivity index (χ0v) is 11.9. The van der Waals surface area contributed by atoms with E-state index in [2.05, 4.69) is 35.3 Å². The van der Waals surface area contributed by atoms with Gasteiger partial charge in [0.2, 0.25) is 0 Å². The van der Waals surface area contributed by atoms with E-state index in [4.69, 9.17) is 0 Å². The molecule has 2 atom stereocenters. The Balaban J connectivity index is 1.77. The van der Waals surface area contributed by atoms with Crippen LogP contribution in [0.1, 0.15) is 26.2 Å². The van der Waals surface area contributed by atoms with E-state index in [0.717, 1.165) is 19.0 Å². The molecular weight excluding hydrogens is 224 g/mol. The minimum absolute atomic E-state index is 0.388. The van der Waals surface area contributed by atoms with Crippen molar-refractivity contribution in [1.29, 1.82) is 5.26 Å². The van der Waals surface area contributed by atoms with E-state index in [0.29, 0.717) is 6.04 Å². The maximum atomic E-state index is 9.37. The summed E-state index contributed by atoms with van der Waals surface area (Å²) in [7, 11) is 4.33. The number of likely N-dealkylation sites (N-methyl/N-ethyl adjacent to an activating group) is 1. The molecule has 18 heavy (non-hydrogen) atoms. The van der Waals surface area contributed by atoms with Crippen molar-refractivity contribution in [2.45, 2.75) is 37.8 Å². The molecule has 0 bridgehead atoms. The number of hydrogen-bond acceptors (Lipinski definition) is 4. The fourth-order valence-corrected chi connectivity index (χ4v) is 3.01. The van der Waals surface area contributed by atoms with E-state index in [1.54, 1.807) is 0 Å². The van der Waals surface area contributed by atoms with Crippen LogP contribution >= 0.6 is 0 Å². The van der Waals surface area contributed by atoms with Crippen molar-refractivity contribution in [3.05, 3.63) is 0 Å². The second-order valence-corrected chi connectivity index (χ2v) is 6.48. The first-order valence-electron chi connectivity index (χ1n) is 7.07. The van der Waals surface area contributed by atoms with Crippen molar-refractivity contribution in [3.8, 4) is 6.07 Å². The predicted molar refractivity (Wildman–Crippen MR) is 73.3 cm³/mol. The highest BCUT2D eigenvalue weighted by molar-refractivity contribution is 5.08. The van der Waals surface area contributed by atoms with Gasteiger partial charge < -0.3 is 9.80 Å². The maximum Gasteiger partial charge on any atom is 0.116 e. The minimum Gasteiger partial charge on any atom is -0.306 e. The molecule has 1 aliphatic carbocycles. The largest absolute Gasteiger partial charge is 0.306 e. The average Bonchev–Trinajstić information content (AvgIpc) is 3.00. The Bertz CT molecular complexity index is 320. The van der Waals surface area contributed by atoms with Gasteiger partial charge in [-0.2, -0.15) is 5.26 Å². The Morgan fingerprint density at radius 3 is 2.67 bits per heavy atom. The monoisotopic (exact) mass is 250 g/mol. The van der Waals surface area contributed by atoms with Gasteiger partial charge in [0, 0.05) is 25.7 Å². The van der Waals surface area contributed by atoms with E-state index in [1.807, 2.05) is 6.92 Å². The number of likely N-dealkylation sites (tertiary alicyclic amines) is 1. The van der Waals surface area contributed by atoms with Crippen molar-refractivity contribution in [3.63, 3.8) is 0 Å². The van der Waals surface area contributed by atoms with E-state index in [1.165, 1.54) is 32.4 Å². The fourth-order valence-electron chi connectivity index (χ4n) is 3.01. The molecule has 102 valence electrons. The lowest BCUT2D eigenvalue weighted by Crippen LogP contribution is -2.51. The molecule has 0 amide bonds.